The molecule has 0 aromatic heterocycles. The van der Waals surface area contributed by atoms with Crippen LogP contribution in [-0.4, -0.2) is 18.4 Å². The number of rotatable bonds is 3. The predicted octanol–water partition coefficient (Wildman–Crippen LogP) is 3.82. The van der Waals surface area contributed by atoms with Gasteiger partial charge in [0.05, 0.1) is 0 Å². The van der Waals surface area contributed by atoms with E-state index < -0.39 is 5.92 Å². The Balaban J connectivity index is 2.52. The maximum atomic E-state index is 12.1. The number of carbonyl (C=O) groups excluding carboxylic acids is 2. The minimum Gasteiger partial charge on any atom is -0.461 e. The Kier molecular flexibility index (Phi) is 8.19. The summed E-state index contributed by atoms with van der Waals surface area (Å²) in [6, 6.07) is 0. The van der Waals surface area contributed by atoms with E-state index in [1.54, 1.807) is 0 Å². The number of Topliss-reactive ketones (excluding diaryl/α,β-unsaturated/α-hetero) is 1. The maximum absolute atomic E-state index is 12.1. The van der Waals surface area contributed by atoms with Gasteiger partial charge in [-0.25, -0.2) is 0 Å². The highest BCUT2D eigenvalue weighted by atomic mass is 16.5. The summed E-state index contributed by atoms with van der Waals surface area (Å²) >= 11 is 0. The van der Waals surface area contributed by atoms with Crippen LogP contribution in [0.15, 0.2) is 12.7 Å². The van der Waals surface area contributed by atoms with Gasteiger partial charge in [0, 0.05) is 6.42 Å². The first-order chi connectivity index (χ1) is 9.25. The third-order valence-corrected chi connectivity index (χ3v) is 3.68. The van der Waals surface area contributed by atoms with Crippen LogP contribution in [0.4, 0.5) is 0 Å². The Morgan fingerprint density at radius 3 is 2.32 bits per heavy atom. The second-order valence-electron chi connectivity index (χ2n) is 5.30. The summed E-state index contributed by atoms with van der Waals surface area (Å²) in [5, 5.41) is 0. The number of esters is 1. The lowest BCUT2D eigenvalue weighted by molar-refractivity contribution is -0.151. The smallest absolute Gasteiger partial charge is 0.316 e. The normalized spacial score (nSPS) is 22.9. The average molecular weight is 266 g/mol. The molecule has 0 N–H and O–H groups in total. The van der Waals surface area contributed by atoms with Gasteiger partial charge >= 0.3 is 5.97 Å². The summed E-state index contributed by atoms with van der Waals surface area (Å²) in [5.74, 6) is -0.837. The number of hydrogen-bond donors (Lipinski definition) is 0. The Labute approximate surface area is 116 Å². The first-order valence-corrected chi connectivity index (χ1v) is 7.56. The minimum atomic E-state index is -0.542. The molecule has 1 atom stereocenters. The van der Waals surface area contributed by atoms with E-state index in [-0.39, 0.29) is 18.4 Å². The SMILES string of the molecule is C=CCOC(=O)C1CCCCCCCCCCC1=O. The molecule has 0 saturated heterocycles. The van der Waals surface area contributed by atoms with Gasteiger partial charge in [0.2, 0.25) is 0 Å². The van der Waals surface area contributed by atoms with Crippen molar-refractivity contribution < 1.29 is 14.3 Å². The zero-order valence-corrected chi connectivity index (χ0v) is 11.9. The molecule has 1 aliphatic rings. The molecule has 3 heteroatoms. The molecule has 1 rings (SSSR count). The molecule has 0 bridgehead atoms. The van der Waals surface area contributed by atoms with E-state index in [2.05, 4.69) is 6.58 Å². The lowest BCUT2D eigenvalue weighted by atomic mass is 9.92. The van der Waals surface area contributed by atoms with Gasteiger partial charge in [-0.2, -0.15) is 0 Å². The molecule has 1 saturated carbocycles. The second-order valence-corrected chi connectivity index (χ2v) is 5.30. The molecule has 0 aromatic carbocycles. The van der Waals surface area contributed by atoms with Gasteiger partial charge < -0.3 is 4.74 Å². The van der Waals surface area contributed by atoms with Gasteiger partial charge in [-0.15, -0.1) is 0 Å². The number of carbonyl (C=O) groups is 2. The van der Waals surface area contributed by atoms with Crippen LogP contribution in [0.1, 0.15) is 64.2 Å². The molecule has 0 amide bonds. The topological polar surface area (TPSA) is 43.4 Å². The van der Waals surface area contributed by atoms with Crippen LogP contribution >= 0.6 is 0 Å². The third-order valence-electron chi connectivity index (χ3n) is 3.68. The molecule has 1 aliphatic carbocycles. The number of ether oxygens (including phenoxy) is 1. The molecule has 19 heavy (non-hydrogen) atoms. The first-order valence-electron chi connectivity index (χ1n) is 7.56. The van der Waals surface area contributed by atoms with E-state index in [1.165, 1.54) is 31.8 Å². The van der Waals surface area contributed by atoms with Gasteiger partial charge in [-0.3, -0.25) is 9.59 Å². The first kappa shape index (κ1) is 15.9. The van der Waals surface area contributed by atoms with Gasteiger partial charge in [0.25, 0.3) is 0 Å². The molecule has 0 radical (unpaired) electrons. The van der Waals surface area contributed by atoms with Gasteiger partial charge in [-0.05, 0) is 12.8 Å². The summed E-state index contributed by atoms with van der Waals surface area (Å²) in [6.07, 6.45) is 11.7. The third kappa shape index (κ3) is 6.55. The lowest BCUT2D eigenvalue weighted by Crippen LogP contribution is -2.26. The highest BCUT2D eigenvalue weighted by molar-refractivity contribution is 5.98. The molecular weight excluding hydrogens is 240 g/mol. The Hall–Kier alpha value is -1.12. The van der Waals surface area contributed by atoms with Crippen LogP contribution in [0.2, 0.25) is 0 Å². The molecule has 1 unspecified atom stereocenters. The Bertz CT molecular complexity index is 296. The van der Waals surface area contributed by atoms with Crippen LogP contribution in [0.3, 0.4) is 0 Å². The van der Waals surface area contributed by atoms with Crippen LogP contribution in [-0.2, 0) is 14.3 Å². The van der Waals surface area contributed by atoms with Crippen molar-refractivity contribution in [1.82, 2.24) is 0 Å². The molecule has 0 aliphatic heterocycles. The quantitative estimate of drug-likeness (QED) is 0.443. The summed E-state index contributed by atoms with van der Waals surface area (Å²) in [5.41, 5.74) is 0. The van der Waals surface area contributed by atoms with E-state index in [1.807, 2.05) is 0 Å². The number of ketones is 1. The fourth-order valence-electron chi connectivity index (χ4n) is 2.53. The van der Waals surface area contributed by atoms with Crippen LogP contribution in [0, 0.1) is 5.92 Å². The molecule has 3 nitrogen and oxygen atoms in total. The lowest BCUT2D eigenvalue weighted by Gasteiger charge is -2.15. The monoisotopic (exact) mass is 266 g/mol. The van der Waals surface area contributed by atoms with Crippen molar-refractivity contribution in [3.63, 3.8) is 0 Å². The summed E-state index contributed by atoms with van der Waals surface area (Å²) < 4.78 is 5.05. The highest BCUT2D eigenvalue weighted by Gasteiger charge is 2.26. The zero-order chi connectivity index (χ0) is 13.9. The molecule has 0 heterocycles. The van der Waals surface area contributed by atoms with E-state index in [0.29, 0.717) is 12.8 Å². The fourth-order valence-corrected chi connectivity index (χ4v) is 2.53. The molecule has 0 aromatic rings. The fraction of sp³-hybridized carbons (Fsp3) is 0.750. The maximum Gasteiger partial charge on any atom is 0.316 e. The van der Waals surface area contributed by atoms with E-state index >= 15 is 0 Å². The van der Waals surface area contributed by atoms with Crippen LogP contribution in [0.5, 0.6) is 0 Å². The van der Waals surface area contributed by atoms with Crippen molar-refractivity contribution in [2.45, 2.75) is 64.2 Å². The van der Waals surface area contributed by atoms with Crippen molar-refractivity contribution in [1.29, 1.82) is 0 Å². The predicted molar refractivity (Wildman–Crippen MR) is 75.8 cm³/mol. The summed E-state index contributed by atoms with van der Waals surface area (Å²) in [6.45, 7) is 3.72. The van der Waals surface area contributed by atoms with Gasteiger partial charge in [-0.1, -0.05) is 57.6 Å². The largest absolute Gasteiger partial charge is 0.461 e. The van der Waals surface area contributed by atoms with E-state index in [9.17, 15) is 9.59 Å². The van der Waals surface area contributed by atoms with Gasteiger partial charge in [0.15, 0.2) is 0 Å². The minimum absolute atomic E-state index is 0.0645. The van der Waals surface area contributed by atoms with Crippen molar-refractivity contribution in [3.05, 3.63) is 12.7 Å². The van der Waals surface area contributed by atoms with E-state index in [0.717, 1.165) is 25.7 Å². The Morgan fingerprint density at radius 2 is 1.68 bits per heavy atom. The Morgan fingerprint density at radius 1 is 1.11 bits per heavy atom. The zero-order valence-electron chi connectivity index (χ0n) is 11.9. The van der Waals surface area contributed by atoms with Crippen molar-refractivity contribution >= 4 is 11.8 Å². The van der Waals surface area contributed by atoms with Crippen molar-refractivity contribution in [3.8, 4) is 0 Å². The second kappa shape index (κ2) is 9.76. The molecule has 1 fully saturated rings. The summed E-state index contributed by atoms with van der Waals surface area (Å²) in [7, 11) is 0. The molecule has 108 valence electrons. The van der Waals surface area contributed by atoms with Crippen molar-refractivity contribution in [2.24, 2.45) is 5.92 Å². The average Bonchev–Trinajstić information content (AvgIpc) is 2.40. The van der Waals surface area contributed by atoms with Crippen LogP contribution in [0.25, 0.3) is 0 Å². The highest BCUT2D eigenvalue weighted by Crippen LogP contribution is 2.20. The molecular formula is C16H26O3. The van der Waals surface area contributed by atoms with E-state index in [4.69, 9.17) is 4.74 Å². The van der Waals surface area contributed by atoms with Crippen molar-refractivity contribution in [2.75, 3.05) is 6.61 Å². The van der Waals surface area contributed by atoms with Crippen LogP contribution < -0.4 is 0 Å². The number of hydrogen-bond acceptors (Lipinski definition) is 3. The standard InChI is InChI=1S/C16H26O3/c1-2-13-19-16(18)14-11-9-7-5-3-4-6-8-10-12-15(14)17/h2,14H,1,3-13H2. The van der Waals surface area contributed by atoms with Gasteiger partial charge in [0.1, 0.15) is 18.3 Å². The summed E-state index contributed by atoms with van der Waals surface area (Å²) in [4.78, 5) is 24.0. The molecule has 0 spiro atoms.